The summed E-state index contributed by atoms with van der Waals surface area (Å²) in [5.41, 5.74) is 6.84. The van der Waals surface area contributed by atoms with Crippen molar-refractivity contribution >= 4 is 75.0 Å². The Labute approximate surface area is 302 Å². The van der Waals surface area contributed by atoms with Crippen molar-refractivity contribution in [3.63, 3.8) is 0 Å². The molecule has 4 heterocycles. The van der Waals surface area contributed by atoms with Gasteiger partial charge < -0.3 is 0 Å². The van der Waals surface area contributed by atoms with Gasteiger partial charge in [0.25, 0.3) is 0 Å². The molecule has 0 aliphatic heterocycles. The van der Waals surface area contributed by atoms with Crippen LogP contribution in [-0.2, 0) is 0 Å². The second-order valence-electron chi connectivity index (χ2n) is 13.0. The molecular weight excluding hydrogens is 655 g/mol. The lowest BCUT2D eigenvalue weighted by Crippen LogP contribution is -2.06. The van der Waals surface area contributed by atoms with E-state index in [1.54, 1.807) is 0 Å². The van der Waals surface area contributed by atoms with Gasteiger partial charge in [-0.05, 0) is 30.3 Å². The zero-order valence-electron chi connectivity index (χ0n) is 27.7. The summed E-state index contributed by atoms with van der Waals surface area (Å²) < 4.78 is 4.70. The van der Waals surface area contributed by atoms with Gasteiger partial charge in [-0.3, -0.25) is 4.57 Å². The molecule has 6 heteroatoms. The van der Waals surface area contributed by atoms with Gasteiger partial charge in [0.1, 0.15) is 0 Å². The SMILES string of the molecule is c1ccc(-c2nc(-c3ccc4c(c3)nc(-c3ccccc3)c3ccc5sc6ccccc6c5c34)nc(-n3c4ccccc4c4ccccc43)n2)cc1. The van der Waals surface area contributed by atoms with Crippen molar-refractivity contribution in [2.75, 3.05) is 0 Å². The van der Waals surface area contributed by atoms with Gasteiger partial charge >= 0.3 is 0 Å². The predicted molar refractivity (Wildman–Crippen MR) is 216 cm³/mol. The molecule has 5 nitrogen and oxygen atoms in total. The third-order valence-corrected chi connectivity index (χ3v) is 11.2. The number of rotatable bonds is 4. The Morgan fingerprint density at radius 3 is 1.71 bits per heavy atom. The van der Waals surface area contributed by atoms with Crippen LogP contribution in [0.5, 0.6) is 0 Å². The van der Waals surface area contributed by atoms with Crippen LogP contribution < -0.4 is 0 Å². The highest BCUT2D eigenvalue weighted by Gasteiger charge is 2.20. The molecule has 0 aliphatic carbocycles. The van der Waals surface area contributed by atoms with E-state index in [0.717, 1.165) is 60.5 Å². The first-order chi connectivity index (χ1) is 25.8. The quantitative estimate of drug-likeness (QED) is 0.174. The number of thiophene rings is 1. The maximum absolute atomic E-state index is 5.39. The molecular formula is C46H27N5S. The van der Waals surface area contributed by atoms with Crippen molar-refractivity contribution < 1.29 is 0 Å². The van der Waals surface area contributed by atoms with Crippen LogP contribution >= 0.6 is 11.3 Å². The fourth-order valence-corrected chi connectivity index (χ4v) is 8.83. The minimum Gasteiger partial charge on any atom is -0.278 e. The van der Waals surface area contributed by atoms with Crippen LogP contribution in [0.2, 0.25) is 0 Å². The minimum absolute atomic E-state index is 0.573. The fourth-order valence-electron chi connectivity index (χ4n) is 7.71. The summed E-state index contributed by atoms with van der Waals surface area (Å²) >= 11 is 1.84. The smallest absolute Gasteiger partial charge is 0.238 e. The zero-order chi connectivity index (χ0) is 34.2. The van der Waals surface area contributed by atoms with Crippen LogP contribution in [0.3, 0.4) is 0 Å². The predicted octanol–water partition coefficient (Wildman–Crippen LogP) is 12.0. The maximum Gasteiger partial charge on any atom is 0.238 e. The molecule has 0 N–H and O–H groups in total. The highest BCUT2D eigenvalue weighted by molar-refractivity contribution is 7.26. The van der Waals surface area contributed by atoms with Crippen molar-refractivity contribution in [3.8, 4) is 40.0 Å². The molecule has 242 valence electrons. The van der Waals surface area contributed by atoms with Crippen molar-refractivity contribution in [1.82, 2.24) is 24.5 Å². The topological polar surface area (TPSA) is 56.5 Å². The van der Waals surface area contributed by atoms with E-state index in [0.29, 0.717) is 17.6 Å². The van der Waals surface area contributed by atoms with Crippen LogP contribution in [0.25, 0.3) is 104 Å². The Hall–Kier alpha value is -6.76. The largest absolute Gasteiger partial charge is 0.278 e. The number of hydrogen-bond donors (Lipinski definition) is 0. The molecule has 4 aromatic heterocycles. The van der Waals surface area contributed by atoms with Crippen molar-refractivity contribution in [2.45, 2.75) is 0 Å². The molecule has 11 rings (SSSR count). The maximum atomic E-state index is 5.39. The molecule has 0 radical (unpaired) electrons. The first kappa shape index (κ1) is 29.0. The lowest BCUT2D eigenvalue weighted by atomic mass is 9.95. The summed E-state index contributed by atoms with van der Waals surface area (Å²) in [5, 5.41) is 8.32. The van der Waals surface area contributed by atoms with Crippen LogP contribution in [0.15, 0.2) is 164 Å². The Bertz CT molecular complexity index is 3130. The van der Waals surface area contributed by atoms with Crippen molar-refractivity contribution in [1.29, 1.82) is 0 Å². The van der Waals surface area contributed by atoms with Crippen molar-refractivity contribution in [2.24, 2.45) is 0 Å². The fraction of sp³-hybridized carbons (Fsp3) is 0. The Morgan fingerprint density at radius 1 is 0.385 bits per heavy atom. The molecule has 0 aliphatic rings. The van der Waals surface area contributed by atoms with Crippen LogP contribution in [-0.4, -0.2) is 24.5 Å². The molecule has 11 aromatic rings. The van der Waals surface area contributed by atoms with Crippen LogP contribution in [0.4, 0.5) is 0 Å². The monoisotopic (exact) mass is 681 g/mol. The average molecular weight is 682 g/mol. The van der Waals surface area contributed by atoms with E-state index in [-0.39, 0.29) is 0 Å². The highest BCUT2D eigenvalue weighted by Crippen LogP contribution is 2.44. The van der Waals surface area contributed by atoms with E-state index in [1.165, 1.54) is 25.6 Å². The van der Waals surface area contributed by atoms with Gasteiger partial charge in [-0.25, -0.2) is 9.97 Å². The van der Waals surface area contributed by atoms with Gasteiger partial charge in [-0.15, -0.1) is 11.3 Å². The zero-order valence-corrected chi connectivity index (χ0v) is 28.5. The van der Waals surface area contributed by atoms with Gasteiger partial charge in [0.15, 0.2) is 11.6 Å². The number of benzene rings is 7. The summed E-state index contributed by atoms with van der Waals surface area (Å²) in [6.45, 7) is 0. The highest BCUT2D eigenvalue weighted by atomic mass is 32.1. The number of para-hydroxylation sites is 2. The molecule has 0 spiro atoms. The van der Waals surface area contributed by atoms with Gasteiger partial charge in [0.05, 0.1) is 22.2 Å². The normalized spacial score (nSPS) is 11.8. The van der Waals surface area contributed by atoms with E-state index < -0.39 is 0 Å². The molecule has 0 fully saturated rings. The molecule has 0 atom stereocenters. The summed E-state index contributed by atoms with van der Waals surface area (Å²) in [6.07, 6.45) is 0. The molecule has 0 amide bonds. The van der Waals surface area contributed by atoms with Crippen molar-refractivity contribution in [3.05, 3.63) is 164 Å². The van der Waals surface area contributed by atoms with Gasteiger partial charge in [-0.1, -0.05) is 133 Å². The number of aromatic nitrogens is 5. The second kappa shape index (κ2) is 11.4. The first-order valence-electron chi connectivity index (χ1n) is 17.3. The standard InChI is InChI=1S/C46H27N5S/c1-3-13-28(14-4-1)43-35-25-26-40-42(34-19-9-12-22-39(34)52-40)41(35)33-24-23-30(27-36(33)47-43)45-48-44(29-15-5-2-6-16-29)49-46(50-45)51-37-20-10-7-17-31(37)32-18-8-11-21-38(32)51/h1-27H. The summed E-state index contributed by atoms with van der Waals surface area (Å²) in [7, 11) is 0. The molecule has 7 aromatic carbocycles. The Kier molecular flexibility index (Phi) is 6.35. The Morgan fingerprint density at radius 2 is 0.981 bits per heavy atom. The lowest BCUT2D eigenvalue weighted by molar-refractivity contribution is 0.953. The first-order valence-corrected chi connectivity index (χ1v) is 18.1. The minimum atomic E-state index is 0.573. The molecule has 52 heavy (non-hydrogen) atoms. The number of fused-ring (bicyclic) bond motifs is 10. The molecule has 0 saturated heterocycles. The average Bonchev–Trinajstić information content (AvgIpc) is 3.77. The van der Waals surface area contributed by atoms with Gasteiger partial charge in [-0.2, -0.15) is 9.97 Å². The summed E-state index contributed by atoms with van der Waals surface area (Å²) in [6, 6.07) is 57.2. The summed E-state index contributed by atoms with van der Waals surface area (Å²) in [4.78, 5) is 20.8. The number of hydrogen-bond acceptors (Lipinski definition) is 5. The van der Waals surface area contributed by atoms with E-state index >= 15 is 0 Å². The third kappa shape index (κ3) is 4.41. The van der Waals surface area contributed by atoms with E-state index in [9.17, 15) is 0 Å². The summed E-state index contributed by atoms with van der Waals surface area (Å²) in [5.74, 6) is 1.78. The van der Waals surface area contributed by atoms with E-state index in [2.05, 4.69) is 138 Å². The second-order valence-corrected chi connectivity index (χ2v) is 14.1. The van der Waals surface area contributed by atoms with E-state index in [1.807, 2.05) is 41.7 Å². The van der Waals surface area contributed by atoms with Gasteiger partial charge in [0.2, 0.25) is 5.95 Å². The lowest BCUT2D eigenvalue weighted by Gasteiger charge is -2.14. The molecule has 0 saturated carbocycles. The van der Waals surface area contributed by atoms with Crippen LogP contribution in [0, 0.1) is 0 Å². The van der Waals surface area contributed by atoms with E-state index in [4.69, 9.17) is 19.9 Å². The van der Waals surface area contributed by atoms with Gasteiger partial charge in [0, 0.05) is 63.8 Å². The number of pyridine rings is 1. The van der Waals surface area contributed by atoms with Crippen LogP contribution in [0.1, 0.15) is 0 Å². The molecule has 0 unspecified atom stereocenters. The molecule has 0 bridgehead atoms. The third-order valence-electron chi connectivity index (χ3n) is 10.0. The Balaban J connectivity index is 1.21. The number of nitrogens with zero attached hydrogens (tertiary/aromatic N) is 5.